The highest BCUT2D eigenvalue weighted by Crippen LogP contribution is 2.32. The molecule has 0 aliphatic heterocycles. The van der Waals surface area contributed by atoms with Gasteiger partial charge in [0.05, 0.1) is 6.04 Å². The molecular formula is C18H24ClNO. The molecule has 1 N–H and O–H groups in total. The van der Waals surface area contributed by atoms with Gasteiger partial charge in [0.1, 0.15) is 11.3 Å². The zero-order chi connectivity index (χ0) is 14.7. The smallest absolute Gasteiger partial charge is 0.134 e. The Balaban J connectivity index is 1.68. The maximum Gasteiger partial charge on any atom is 0.134 e. The van der Waals surface area contributed by atoms with Crippen LogP contribution >= 0.6 is 11.6 Å². The van der Waals surface area contributed by atoms with Crippen LogP contribution in [-0.4, -0.2) is 7.05 Å². The first-order valence-corrected chi connectivity index (χ1v) is 8.50. The highest BCUT2D eigenvalue weighted by Gasteiger charge is 2.19. The fourth-order valence-corrected chi connectivity index (χ4v) is 3.69. The van der Waals surface area contributed by atoms with E-state index in [-0.39, 0.29) is 0 Å². The quantitative estimate of drug-likeness (QED) is 0.765. The number of furan rings is 1. The highest BCUT2D eigenvalue weighted by molar-refractivity contribution is 6.31. The first kappa shape index (κ1) is 14.9. The van der Waals surface area contributed by atoms with Gasteiger partial charge in [0.2, 0.25) is 0 Å². The van der Waals surface area contributed by atoms with Gasteiger partial charge in [-0.2, -0.15) is 0 Å². The second-order valence-electron chi connectivity index (χ2n) is 6.25. The van der Waals surface area contributed by atoms with Crippen molar-refractivity contribution in [3.8, 4) is 0 Å². The Bertz CT molecular complexity index is 586. The summed E-state index contributed by atoms with van der Waals surface area (Å²) in [5.41, 5.74) is 0.923. The molecule has 1 aliphatic rings. The number of benzene rings is 1. The van der Waals surface area contributed by atoms with Crippen molar-refractivity contribution in [1.29, 1.82) is 0 Å². The maximum absolute atomic E-state index is 6.05. The molecule has 1 aromatic heterocycles. The molecule has 1 aliphatic carbocycles. The van der Waals surface area contributed by atoms with Crippen LogP contribution in [0, 0.1) is 5.92 Å². The Morgan fingerprint density at radius 3 is 2.81 bits per heavy atom. The average Bonchev–Trinajstić information content (AvgIpc) is 2.92. The lowest BCUT2D eigenvalue weighted by Gasteiger charge is -2.23. The molecule has 0 saturated heterocycles. The van der Waals surface area contributed by atoms with Gasteiger partial charge >= 0.3 is 0 Å². The fraction of sp³-hybridized carbons (Fsp3) is 0.556. The first-order chi connectivity index (χ1) is 10.3. The molecule has 3 heteroatoms. The molecule has 1 atom stereocenters. The van der Waals surface area contributed by atoms with Crippen molar-refractivity contribution < 1.29 is 4.42 Å². The van der Waals surface area contributed by atoms with Gasteiger partial charge in [-0.25, -0.2) is 0 Å². The summed E-state index contributed by atoms with van der Waals surface area (Å²) in [4.78, 5) is 0. The van der Waals surface area contributed by atoms with Crippen molar-refractivity contribution in [3.63, 3.8) is 0 Å². The van der Waals surface area contributed by atoms with Crippen LogP contribution < -0.4 is 5.32 Å². The van der Waals surface area contributed by atoms with Gasteiger partial charge in [-0.1, -0.05) is 43.7 Å². The monoisotopic (exact) mass is 305 g/mol. The van der Waals surface area contributed by atoms with E-state index in [4.69, 9.17) is 16.0 Å². The van der Waals surface area contributed by atoms with Gasteiger partial charge in [-0.05, 0) is 50.1 Å². The largest absolute Gasteiger partial charge is 0.459 e. The van der Waals surface area contributed by atoms with E-state index in [1.807, 2.05) is 25.2 Å². The average molecular weight is 306 g/mol. The van der Waals surface area contributed by atoms with E-state index in [9.17, 15) is 0 Å². The summed E-state index contributed by atoms with van der Waals surface area (Å²) in [5, 5.41) is 5.26. The summed E-state index contributed by atoms with van der Waals surface area (Å²) in [6, 6.07) is 8.24. The first-order valence-electron chi connectivity index (χ1n) is 8.12. The van der Waals surface area contributed by atoms with E-state index in [0.717, 1.165) is 34.1 Å². The molecule has 2 aromatic rings. The second-order valence-corrected chi connectivity index (χ2v) is 6.69. The number of nitrogens with one attached hydrogen (secondary N) is 1. The van der Waals surface area contributed by atoms with Crippen LogP contribution in [0.2, 0.25) is 5.02 Å². The van der Waals surface area contributed by atoms with Gasteiger partial charge in [-0.3, -0.25) is 0 Å². The summed E-state index contributed by atoms with van der Waals surface area (Å²) in [6.07, 6.45) is 9.52. The Labute approximate surface area is 131 Å². The van der Waals surface area contributed by atoms with Gasteiger partial charge in [0, 0.05) is 10.4 Å². The number of hydrogen-bond donors (Lipinski definition) is 1. The topological polar surface area (TPSA) is 25.2 Å². The predicted octanol–water partition coefficient (Wildman–Crippen LogP) is 5.71. The lowest BCUT2D eigenvalue weighted by atomic mass is 9.85. The summed E-state index contributed by atoms with van der Waals surface area (Å²) < 4.78 is 5.99. The zero-order valence-electron chi connectivity index (χ0n) is 12.7. The molecule has 1 heterocycles. The lowest BCUT2D eigenvalue weighted by molar-refractivity contribution is 0.308. The molecule has 0 spiro atoms. The Morgan fingerprint density at radius 1 is 1.24 bits per heavy atom. The molecule has 1 fully saturated rings. The van der Waals surface area contributed by atoms with Crippen molar-refractivity contribution >= 4 is 22.6 Å². The molecule has 0 bridgehead atoms. The second kappa shape index (κ2) is 6.85. The number of halogens is 1. The molecule has 0 radical (unpaired) electrons. The van der Waals surface area contributed by atoms with Crippen LogP contribution in [0.3, 0.4) is 0 Å². The number of hydrogen-bond acceptors (Lipinski definition) is 2. The minimum atomic E-state index is 0.304. The standard InChI is InChI=1S/C18H24ClNO/c1-20-16(9-7-13-5-3-2-4-6-13)18-12-14-11-15(19)8-10-17(14)21-18/h8,10-13,16,20H,2-7,9H2,1H3. The molecule has 114 valence electrons. The normalized spacial score (nSPS) is 18.2. The third-order valence-corrected chi connectivity index (χ3v) is 5.01. The van der Waals surface area contributed by atoms with Crippen molar-refractivity contribution in [2.75, 3.05) is 7.05 Å². The van der Waals surface area contributed by atoms with Gasteiger partial charge < -0.3 is 9.73 Å². The van der Waals surface area contributed by atoms with E-state index >= 15 is 0 Å². The third-order valence-electron chi connectivity index (χ3n) is 4.78. The van der Waals surface area contributed by atoms with E-state index in [2.05, 4.69) is 11.4 Å². The van der Waals surface area contributed by atoms with Gasteiger partial charge in [0.15, 0.2) is 0 Å². The fourth-order valence-electron chi connectivity index (χ4n) is 3.51. The summed E-state index contributed by atoms with van der Waals surface area (Å²) in [5.74, 6) is 1.94. The minimum absolute atomic E-state index is 0.304. The Kier molecular flexibility index (Phi) is 4.87. The maximum atomic E-state index is 6.05. The predicted molar refractivity (Wildman–Crippen MR) is 88.8 cm³/mol. The van der Waals surface area contributed by atoms with Crippen molar-refractivity contribution in [1.82, 2.24) is 5.32 Å². The number of rotatable bonds is 5. The molecule has 0 amide bonds. The van der Waals surface area contributed by atoms with E-state index in [0.29, 0.717) is 6.04 Å². The Hall–Kier alpha value is -0.990. The molecule has 21 heavy (non-hydrogen) atoms. The van der Waals surface area contributed by atoms with Crippen LogP contribution in [-0.2, 0) is 0 Å². The van der Waals surface area contributed by atoms with E-state index < -0.39 is 0 Å². The Morgan fingerprint density at radius 2 is 2.05 bits per heavy atom. The van der Waals surface area contributed by atoms with E-state index in [1.165, 1.54) is 38.5 Å². The van der Waals surface area contributed by atoms with Gasteiger partial charge in [-0.15, -0.1) is 0 Å². The van der Waals surface area contributed by atoms with Crippen molar-refractivity contribution in [3.05, 3.63) is 35.0 Å². The number of fused-ring (bicyclic) bond motifs is 1. The van der Waals surface area contributed by atoms with E-state index in [1.54, 1.807) is 0 Å². The summed E-state index contributed by atoms with van der Waals surface area (Å²) in [7, 11) is 2.02. The van der Waals surface area contributed by atoms with Crippen molar-refractivity contribution in [2.24, 2.45) is 5.92 Å². The van der Waals surface area contributed by atoms with Gasteiger partial charge in [0.25, 0.3) is 0 Å². The minimum Gasteiger partial charge on any atom is -0.459 e. The highest BCUT2D eigenvalue weighted by atomic mass is 35.5. The van der Waals surface area contributed by atoms with Crippen LogP contribution in [0.5, 0.6) is 0 Å². The third kappa shape index (κ3) is 3.61. The molecule has 1 aromatic carbocycles. The van der Waals surface area contributed by atoms with Crippen LogP contribution in [0.15, 0.2) is 28.7 Å². The zero-order valence-corrected chi connectivity index (χ0v) is 13.5. The molecule has 3 rings (SSSR count). The molecular weight excluding hydrogens is 282 g/mol. The molecule has 1 unspecified atom stereocenters. The van der Waals surface area contributed by atoms with Crippen LogP contribution in [0.1, 0.15) is 56.7 Å². The van der Waals surface area contributed by atoms with Crippen molar-refractivity contribution in [2.45, 2.75) is 51.0 Å². The van der Waals surface area contributed by atoms with Crippen LogP contribution in [0.25, 0.3) is 11.0 Å². The van der Waals surface area contributed by atoms with Crippen LogP contribution in [0.4, 0.5) is 0 Å². The lowest BCUT2D eigenvalue weighted by Crippen LogP contribution is -2.17. The molecule has 2 nitrogen and oxygen atoms in total. The SMILES string of the molecule is CNC(CCC1CCCCC1)c1cc2cc(Cl)ccc2o1. The summed E-state index contributed by atoms with van der Waals surface area (Å²) in [6.45, 7) is 0. The summed E-state index contributed by atoms with van der Waals surface area (Å²) >= 11 is 6.05. The molecule has 1 saturated carbocycles.